The smallest absolute Gasteiger partial charge is 0.283 e. The Kier molecular flexibility index (Phi) is 1.84. The number of hydrogen-bond donors (Lipinski definition) is 2. The van der Waals surface area contributed by atoms with Gasteiger partial charge in [0.2, 0.25) is 0 Å². The van der Waals surface area contributed by atoms with Crippen LogP contribution in [0.2, 0.25) is 0 Å². The molecule has 1 aliphatic rings. The zero-order chi connectivity index (χ0) is 10.2. The lowest BCUT2D eigenvalue weighted by Crippen LogP contribution is -2.20. The fourth-order valence-corrected chi connectivity index (χ4v) is 1.49. The van der Waals surface area contributed by atoms with E-state index in [1.807, 2.05) is 19.1 Å². The average Bonchev–Trinajstić information content (AvgIpc) is 2.48. The van der Waals surface area contributed by atoms with Crippen molar-refractivity contribution in [2.45, 2.75) is 12.5 Å². The number of benzene rings is 1. The van der Waals surface area contributed by atoms with Crippen molar-refractivity contribution in [2.24, 2.45) is 10.7 Å². The maximum atomic E-state index is 9.14. The summed E-state index contributed by atoms with van der Waals surface area (Å²) in [7, 11) is 0. The lowest BCUT2D eigenvalue weighted by molar-refractivity contribution is 0.266. The SMILES string of the molecule is CC1(c2ccc(O)cc2)COC(N)=N1. The first kappa shape index (κ1) is 8.87. The fourth-order valence-electron chi connectivity index (χ4n) is 1.49. The van der Waals surface area contributed by atoms with E-state index in [1.54, 1.807) is 12.1 Å². The molecule has 4 heteroatoms. The first-order valence-electron chi connectivity index (χ1n) is 4.38. The zero-order valence-corrected chi connectivity index (χ0v) is 7.90. The van der Waals surface area contributed by atoms with Crippen LogP contribution in [-0.2, 0) is 10.3 Å². The van der Waals surface area contributed by atoms with Gasteiger partial charge in [0.25, 0.3) is 6.02 Å². The van der Waals surface area contributed by atoms with Gasteiger partial charge in [-0.25, -0.2) is 4.99 Å². The molecule has 74 valence electrons. The number of aromatic hydroxyl groups is 1. The molecular formula is C10H12N2O2. The molecule has 0 saturated heterocycles. The molecule has 0 radical (unpaired) electrons. The van der Waals surface area contributed by atoms with E-state index in [9.17, 15) is 0 Å². The van der Waals surface area contributed by atoms with Crippen molar-refractivity contribution < 1.29 is 9.84 Å². The second-order valence-electron chi connectivity index (χ2n) is 3.56. The molecule has 1 atom stereocenters. The highest BCUT2D eigenvalue weighted by Crippen LogP contribution is 2.30. The van der Waals surface area contributed by atoms with E-state index in [1.165, 1.54) is 0 Å². The molecule has 4 nitrogen and oxygen atoms in total. The van der Waals surface area contributed by atoms with Gasteiger partial charge in [0.05, 0.1) is 0 Å². The van der Waals surface area contributed by atoms with E-state index in [4.69, 9.17) is 15.6 Å². The Morgan fingerprint density at radius 1 is 1.43 bits per heavy atom. The standard InChI is InChI=1S/C10H12N2O2/c1-10(6-14-9(11)12-10)7-2-4-8(13)5-3-7/h2-5,13H,6H2,1H3,(H2,11,12). The zero-order valence-electron chi connectivity index (χ0n) is 7.90. The minimum absolute atomic E-state index is 0.223. The van der Waals surface area contributed by atoms with E-state index in [-0.39, 0.29) is 11.8 Å². The molecule has 1 aromatic rings. The van der Waals surface area contributed by atoms with Gasteiger partial charge in [0, 0.05) is 0 Å². The summed E-state index contributed by atoms with van der Waals surface area (Å²) in [5.41, 5.74) is 6.02. The molecule has 1 aliphatic heterocycles. The van der Waals surface area contributed by atoms with Crippen molar-refractivity contribution in [2.75, 3.05) is 6.61 Å². The minimum atomic E-state index is -0.419. The van der Waals surface area contributed by atoms with E-state index >= 15 is 0 Å². The van der Waals surface area contributed by atoms with Gasteiger partial charge in [-0.3, -0.25) is 0 Å². The summed E-state index contributed by atoms with van der Waals surface area (Å²) in [5, 5.41) is 9.14. The molecule has 0 fully saturated rings. The Morgan fingerprint density at radius 2 is 2.07 bits per heavy atom. The molecule has 1 heterocycles. The third-order valence-corrected chi connectivity index (χ3v) is 2.35. The highest BCUT2D eigenvalue weighted by Gasteiger charge is 2.32. The second kappa shape index (κ2) is 2.90. The summed E-state index contributed by atoms with van der Waals surface area (Å²) < 4.78 is 5.12. The van der Waals surface area contributed by atoms with Gasteiger partial charge >= 0.3 is 0 Å². The van der Waals surface area contributed by atoms with Crippen LogP contribution in [-0.4, -0.2) is 17.7 Å². The summed E-state index contributed by atoms with van der Waals surface area (Å²) in [5.74, 6) is 0.244. The van der Waals surface area contributed by atoms with Crippen LogP contribution < -0.4 is 5.73 Å². The van der Waals surface area contributed by atoms with Crippen LogP contribution in [0.25, 0.3) is 0 Å². The molecule has 0 spiro atoms. The minimum Gasteiger partial charge on any atom is -0.508 e. The lowest BCUT2D eigenvalue weighted by Gasteiger charge is -2.18. The second-order valence-corrected chi connectivity index (χ2v) is 3.56. The third-order valence-electron chi connectivity index (χ3n) is 2.35. The third kappa shape index (κ3) is 1.39. The number of phenols is 1. The van der Waals surface area contributed by atoms with Crippen LogP contribution in [0.5, 0.6) is 5.75 Å². The number of phenolic OH excluding ortho intramolecular Hbond substituents is 1. The first-order valence-corrected chi connectivity index (χ1v) is 4.38. The number of nitrogens with zero attached hydrogens (tertiary/aromatic N) is 1. The van der Waals surface area contributed by atoms with Crippen LogP contribution >= 0.6 is 0 Å². The van der Waals surface area contributed by atoms with Gasteiger partial charge < -0.3 is 15.6 Å². The summed E-state index contributed by atoms with van der Waals surface area (Å²) in [6, 6.07) is 7.12. The Morgan fingerprint density at radius 3 is 2.57 bits per heavy atom. The van der Waals surface area contributed by atoms with Gasteiger partial charge in [0.1, 0.15) is 17.9 Å². The number of hydrogen-bond acceptors (Lipinski definition) is 4. The highest BCUT2D eigenvalue weighted by molar-refractivity contribution is 5.74. The Hall–Kier alpha value is -1.71. The molecule has 14 heavy (non-hydrogen) atoms. The normalized spacial score (nSPS) is 25.6. The van der Waals surface area contributed by atoms with E-state index in [2.05, 4.69) is 4.99 Å². The first-order chi connectivity index (χ1) is 6.60. The summed E-state index contributed by atoms with van der Waals surface area (Å²) in [6.07, 6.45) is 0. The largest absolute Gasteiger partial charge is 0.508 e. The molecular weight excluding hydrogens is 180 g/mol. The van der Waals surface area contributed by atoms with Gasteiger partial charge in [-0.1, -0.05) is 12.1 Å². The number of aliphatic imine (C=N–C) groups is 1. The van der Waals surface area contributed by atoms with E-state index in [0.29, 0.717) is 6.61 Å². The molecule has 2 rings (SSSR count). The Balaban J connectivity index is 2.35. The number of rotatable bonds is 1. The maximum absolute atomic E-state index is 9.14. The van der Waals surface area contributed by atoms with Crippen LogP contribution in [0.3, 0.4) is 0 Å². The van der Waals surface area contributed by atoms with Gasteiger partial charge in [-0.15, -0.1) is 0 Å². The summed E-state index contributed by atoms with van der Waals surface area (Å²) in [6.45, 7) is 2.39. The van der Waals surface area contributed by atoms with Gasteiger partial charge in [0.15, 0.2) is 0 Å². The predicted molar refractivity (Wildman–Crippen MR) is 53.0 cm³/mol. The van der Waals surface area contributed by atoms with Crippen LogP contribution in [0, 0.1) is 0 Å². The van der Waals surface area contributed by atoms with Crippen LogP contribution in [0.15, 0.2) is 29.3 Å². The quantitative estimate of drug-likeness (QED) is 0.696. The molecule has 1 aromatic carbocycles. The molecule has 3 N–H and O–H groups in total. The van der Waals surface area contributed by atoms with Gasteiger partial charge in [-0.05, 0) is 24.6 Å². The lowest BCUT2D eigenvalue weighted by atomic mass is 9.94. The van der Waals surface area contributed by atoms with Crippen LogP contribution in [0.4, 0.5) is 0 Å². The van der Waals surface area contributed by atoms with Crippen molar-refractivity contribution >= 4 is 6.02 Å². The van der Waals surface area contributed by atoms with Crippen molar-refractivity contribution in [3.05, 3.63) is 29.8 Å². The van der Waals surface area contributed by atoms with E-state index in [0.717, 1.165) is 5.56 Å². The molecule has 0 amide bonds. The van der Waals surface area contributed by atoms with Gasteiger partial charge in [-0.2, -0.15) is 0 Å². The predicted octanol–water partition coefficient (Wildman–Crippen LogP) is 0.952. The average molecular weight is 192 g/mol. The molecule has 0 aliphatic carbocycles. The summed E-state index contributed by atoms with van der Waals surface area (Å²) >= 11 is 0. The van der Waals surface area contributed by atoms with Crippen molar-refractivity contribution in [1.82, 2.24) is 0 Å². The fraction of sp³-hybridized carbons (Fsp3) is 0.300. The Bertz CT molecular complexity index is 372. The monoisotopic (exact) mass is 192 g/mol. The summed E-state index contributed by atoms with van der Waals surface area (Å²) in [4.78, 5) is 4.21. The Labute approximate surface area is 82.0 Å². The molecule has 0 bridgehead atoms. The highest BCUT2D eigenvalue weighted by atomic mass is 16.5. The molecule has 0 saturated carbocycles. The molecule has 1 unspecified atom stereocenters. The van der Waals surface area contributed by atoms with E-state index < -0.39 is 5.54 Å². The number of ether oxygens (including phenoxy) is 1. The van der Waals surface area contributed by atoms with Crippen molar-refractivity contribution in [3.8, 4) is 5.75 Å². The van der Waals surface area contributed by atoms with Crippen molar-refractivity contribution in [1.29, 1.82) is 0 Å². The number of amidine groups is 1. The number of nitrogens with two attached hydrogens (primary N) is 1. The maximum Gasteiger partial charge on any atom is 0.283 e. The van der Waals surface area contributed by atoms with Crippen LogP contribution in [0.1, 0.15) is 12.5 Å². The topological polar surface area (TPSA) is 67.8 Å². The van der Waals surface area contributed by atoms with Crippen molar-refractivity contribution in [3.63, 3.8) is 0 Å². The molecule has 0 aromatic heterocycles.